The quantitative estimate of drug-likeness (QED) is 0.843. The van der Waals surface area contributed by atoms with Crippen molar-refractivity contribution in [3.8, 4) is 5.75 Å². The van der Waals surface area contributed by atoms with Gasteiger partial charge < -0.3 is 15.8 Å². The summed E-state index contributed by atoms with van der Waals surface area (Å²) in [6.45, 7) is 2.01. The van der Waals surface area contributed by atoms with Gasteiger partial charge in [-0.05, 0) is 48.9 Å². The molecule has 1 heterocycles. The highest BCUT2D eigenvalue weighted by Gasteiger charge is 2.18. The van der Waals surface area contributed by atoms with Crippen molar-refractivity contribution < 1.29 is 4.74 Å². The summed E-state index contributed by atoms with van der Waals surface area (Å²) in [5.74, 6) is 2.47. The molecule has 0 saturated heterocycles. The molecule has 0 radical (unpaired) electrons. The number of nitrogens with one attached hydrogen (secondary N) is 1. The fourth-order valence-corrected chi connectivity index (χ4v) is 3.04. The maximum Gasteiger partial charge on any atom is 0.227 e. The van der Waals surface area contributed by atoms with Crippen LogP contribution < -0.4 is 15.8 Å². The highest BCUT2D eigenvalue weighted by Crippen LogP contribution is 2.26. The molecule has 1 aromatic heterocycles. The van der Waals surface area contributed by atoms with E-state index in [1.807, 2.05) is 13.0 Å². The third-order valence-electron chi connectivity index (χ3n) is 4.23. The van der Waals surface area contributed by atoms with Crippen molar-refractivity contribution in [2.45, 2.75) is 45.1 Å². The monoisotopic (exact) mass is 313 g/mol. The number of methoxy groups -OCH3 is 1. The van der Waals surface area contributed by atoms with E-state index in [-0.39, 0.29) is 12.0 Å². The van der Waals surface area contributed by atoms with Gasteiger partial charge >= 0.3 is 0 Å². The lowest BCUT2D eigenvalue weighted by Gasteiger charge is -2.17. The standard InChI is InChI=1S/C17H23N5O/c1-3-15-20-16(18)22-17(21-15)19-13-6-4-5-11-7-8-14(23-2)10-12(11)9-13/h7-8,10,13H,3-6,9H2,1-2H3,(H3,18,19,20,21,22). The van der Waals surface area contributed by atoms with Gasteiger partial charge in [0.25, 0.3) is 0 Å². The Morgan fingerprint density at radius 1 is 1.26 bits per heavy atom. The number of anilines is 2. The van der Waals surface area contributed by atoms with Crippen molar-refractivity contribution >= 4 is 11.9 Å². The second kappa shape index (κ2) is 6.81. The third-order valence-corrected chi connectivity index (χ3v) is 4.23. The number of nitrogens with zero attached hydrogens (tertiary/aromatic N) is 3. The molecular formula is C17H23N5O. The van der Waals surface area contributed by atoms with Crippen LogP contribution in [0.5, 0.6) is 5.75 Å². The minimum Gasteiger partial charge on any atom is -0.497 e. The minimum atomic E-state index is 0.273. The number of hydrogen-bond donors (Lipinski definition) is 2. The van der Waals surface area contributed by atoms with E-state index in [1.54, 1.807) is 7.11 Å². The van der Waals surface area contributed by atoms with Gasteiger partial charge in [-0.3, -0.25) is 0 Å². The van der Waals surface area contributed by atoms with E-state index >= 15 is 0 Å². The number of hydrogen-bond acceptors (Lipinski definition) is 6. The average molecular weight is 313 g/mol. The molecule has 0 amide bonds. The smallest absolute Gasteiger partial charge is 0.227 e. The number of nitrogen functional groups attached to an aromatic ring is 1. The predicted octanol–water partition coefficient (Wildman–Crippen LogP) is 2.38. The fraction of sp³-hybridized carbons (Fsp3) is 0.471. The average Bonchev–Trinajstić information content (AvgIpc) is 2.74. The maximum absolute atomic E-state index is 5.77. The summed E-state index contributed by atoms with van der Waals surface area (Å²) in [5, 5.41) is 3.43. The molecule has 1 aromatic carbocycles. The first-order valence-electron chi connectivity index (χ1n) is 8.10. The Labute approximate surface area is 136 Å². The summed E-state index contributed by atoms with van der Waals surface area (Å²) in [6, 6.07) is 6.63. The van der Waals surface area contributed by atoms with Gasteiger partial charge in [0, 0.05) is 12.5 Å². The normalized spacial score (nSPS) is 17.2. The van der Waals surface area contributed by atoms with E-state index in [4.69, 9.17) is 10.5 Å². The number of benzene rings is 1. The lowest BCUT2D eigenvalue weighted by molar-refractivity contribution is 0.414. The van der Waals surface area contributed by atoms with Gasteiger partial charge in [0.2, 0.25) is 11.9 Å². The number of aromatic nitrogens is 3. The number of aryl methyl sites for hydroxylation is 2. The van der Waals surface area contributed by atoms with Crippen molar-refractivity contribution in [3.05, 3.63) is 35.2 Å². The maximum atomic E-state index is 5.77. The molecular weight excluding hydrogens is 290 g/mol. The molecule has 0 fully saturated rings. The number of fused-ring (bicyclic) bond motifs is 1. The van der Waals surface area contributed by atoms with Gasteiger partial charge in [-0.25, -0.2) is 0 Å². The van der Waals surface area contributed by atoms with Crippen LogP contribution in [0.3, 0.4) is 0 Å². The van der Waals surface area contributed by atoms with Crippen LogP contribution in [0.4, 0.5) is 11.9 Å². The topological polar surface area (TPSA) is 86.0 Å². The Bertz CT molecular complexity index is 689. The molecule has 0 saturated carbocycles. The van der Waals surface area contributed by atoms with Crippen molar-refractivity contribution in [2.75, 3.05) is 18.2 Å². The second-order valence-electron chi connectivity index (χ2n) is 5.86. The number of ether oxygens (including phenoxy) is 1. The molecule has 1 atom stereocenters. The first-order valence-corrected chi connectivity index (χ1v) is 8.10. The van der Waals surface area contributed by atoms with Gasteiger partial charge in [-0.15, -0.1) is 0 Å². The van der Waals surface area contributed by atoms with Crippen LogP contribution in [-0.2, 0) is 19.3 Å². The Hall–Kier alpha value is -2.37. The summed E-state index contributed by atoms with van der Waals surface area (Å²) >= 11 is 0. The van der Waals surface area contributed by atoms with Crippen LogP contribution in [0.1, 0.15) is 36.7 Å². The van der Waals surface area contributed by atoms with Crippen LogP contribution in [0, 0.1) is 0 Å². The molecule has 0 bridgehead atoms. The van der Waals surface area contributed by atoms with Crippen molar-refractivity contribution in [3.63, 3.8) is 0 Å². The summed E-state index contributed by atoms with van der Waals surface area (Å²) in [6.07, 6.45) is 4.98. The summed E-state index contributed by atoms with van der Waals surface area (Å²) in [5.41, 5.74) is 8.50. The van der Waals surface area contributed by atoms with Crippen molar-refractivity contribution in [1.82, 2.24) is 15.0 Å². The van der Waals surface area contributed by atoms with Crippen LogP contribution in [-0.4, -0.2) is 28.1 Å². The zero-order valence-electron chi connectivity index (χ0n) is 13.7. The van der Waals surface area contributed by atoms with E-state index in [1.165, 1.54) is 11.1 Å². The Morgan fingerprint density at radius 2 is 2.13 bits per heavy atom. The van der Waals surface area contributed by atoms with Gasteiger partial charge in [0.1, 0.15) is 11.6 Å². The molecule has 3 rings (SSSR count). The molecule has 122 valence electrons. The van der Waals surface area contributed by atoms with E-state index in [0.717, 1.165) is 43.7 Å². The first kappa shape index (κ1) is 15.5. The zero-order valence-corrected chi connectivity index (χ0v) is 13.7. The Kier molecular flexibility index (Phi) is 4.60. The van der Waals surface area contributed by atoms with Crippen LogP contribution in [0.25, 0.3) is 0 Å². The Morgan fingerprint density at radius 3 is 2.91 bits per heavy atom. The van der Waals surface area contributed by atoms with Crippen LogP contribution in [0.2, 0.25) is 0 Å². The van der Waals surface area contributed by atoms with Crippen molar-refractivity contribution in [2.24, 2.45) is 0 Å². The molecule has 1 unspecified atom stereocenters. The van der Waals surface area contributed by atoms with Crippen LogP contribution >= 0.6 is 0 Å². The van der Waals surface area contributed by atoms with E-state index in [2.05, 4.69) is 32.4 Å². The van der Waals surface area contributed by atoms with Gasteiger partial charge in [0.05, 0.1) is 7.11 Å². The number of nitrogens with two attached hydrogens (primary N) is 1. The zero-order chi connectivity index (χ0) is 16.2. The molecule has 3 N–H and O–H groups in total. The molecule has 6 heteroatoms. The van der Waals surface area contributed by atoms with E-state index in [9.17, 15) is 0 Å². The highest BCUT2D eigenvalue weighted by molar-refractivity contribution is 5.39. The highest BCUT2D eigenvalue weighted by atomic mass is 16.5. The van der Waals surface area contributed by atoms with E-state index < -0.39 is 0 Å². The molecule has 1 aliphatic carbocycles. The molecule has 1 aliphatic rings. The van der Waals surface area contributed by atoms with Crippen LogP contribution in [0.15, 0.2) is 18.2 Å². The van der Waals surface area contributed by atoms with Crippen molar-refractivity contribution in [1.29, 1.82) is 0 Å². The summed E-state index contributed by atoms with van der Waals surface area (Å²) in [7, 11) is 1.70. The molecule has 0 aliphatic heterocycles. The lowest BCUT2D eigenvalue weighted by atomic mass is 10.0. The van der Waals surface area contributed by atoms with Gasteiger partial charge in [-0.1, -0.05) is 13.0 Å². The second-order valence-corrected chi connectivity index (χ2v) is 5.86. The predicted molar refractivity (Wildman–Crippen MR) is 90.7 cm³/mol. The molecule has 2 aromatic rings. The first-order chi connectivity index (χ1) is 11.2. The minimum absolute atomic E-state index is 0.273. The third kappa shape index (κ3) is 3.70. The lowest BCUT2D eigenvalue weighted by Crippen LogP contribution is -2.23. The summed E-state index contributed by atoms with van der Waals surface area (Å²) in [4.78, 5) is 12.8. The van der Waals surface area contributed by atoms with E-state index in [0.29, 0.717) is 5.95 Å². The fourth-order valence-electron chi connectivity index (χ4n) is 3.04. The molecule has 0 spiro atoms. The van der Waals surface area contributed by atoms with Gasteiger partial charge in [0.15, 0.2) is 0 Å². The Balaban J connectivity index is 1.79. The molecule has 6 nitrogen and oxygen atoms in total. The largest absolute Gasteiger partial charge is 0.497 e. The van der Waals surface area contributed by atoms with Gasteiger partial charge in [-0.2, -0.15) is 15.0 Å². The SMILES string of the molecule is CCc1nc(N)nc(NC2CCCc3ccc(OC)cc3C2)n1. The number of rotatable bonds is 4. The molecule has 23 heavy (non-hydrogen) atoms. The summed E-state index contributed by atoms with van der Waals surface area (Å²) < 4.78 is 5.35.